The van der Waals surface area contributed by atoms with E-state index in [0.717, 1.165) is 11.4 Å². The van der Waals surface area contributed by atoms with Gasteiger partial charge in [0.1, 0.15) is 11.8 Å². The average molecular weight is 237 g/mol. The molecule has 1 aromatic carbocycles. The smallest absolute Gasteiger partial charge is 0.328 e. The largest absolute Gasteiger partial charge is 0.492 e. The number of rotatable bonds is 6. The van der Waals surface area contributed by atoms with Gasteiger partial charge in [-0.2, -0.15) is 0 Å². The van der Waals surface area contributed by atoms with Crippen molar-refractivity contribution in [3.63, 3.8) is 0 Å². The Kier molecular flexibility index (Phi) is 5.33. The van der Waals surface area contributed by atoms with Gasteiger partial charge in [0, 0.05) is 0 Å². The molecule has 1 unspecified atom stereocenters. The second-order valence-corrected chi connectivity index (χ2v) is 3.56. The molecule has 0 aliphatic heterocycles. The number of benzene rings is 1. The topological polar surface area (TPSA) is 47.6 Å². The van der Waals surface area contributed by atoms with Crippen LogP contribution in [0.25, 0.3) is 0 Å². The van der Waals surface area contributed by atoms with Gasteiger partial charge in [0.25, 0.3) is 0 Å². The molecule has 0 amide bonds. The molecule has 0 radical (unpaired) electrons. The standard InChI is InChI=1S/C13H19NO3/c1-4-10(13(15)16-3)14-11-8-6-7-9-12(11)17-5-2/h6-10,14H,4-5H2,1-3H3. The van der Waals surface area contributed by atoms with Crippen LogP contribution in [0, 0.1) is 0 Å². The van der Waals surface area contributed by atoms with Crippen LogP contribution >= 0.6 is 0 Å². The monoisotopic (exact) mass is 237 g/mol. The highest BCUT2D eigenvalue weighted by Gasteiger charge is 2.17. The fourth-order valence-corrected chi connectivity index (χ4v) is 1.52. The third-order valence-electron chi connectivity index (χ3n) is 2.41. The summed E-state index contributed by atoms with van der Waals surface area (Å²) in [6.07, 6.45) is 0.660. The van der Waals surface area contributed by atoms with Crippen LogP contribution in [0.15, 0.2) is 24.3 Å². The quantitative estimate of drug-likeness (QED) is 0.772. The number of carbonyl (C=O) groups excluding carboxylic acids is 1. The summed E-state index contributed by atoms with van der Waals surface area (Å²) in [6.45, 7) is 4.44. The maximum absolute atomic E-state index is 11.5. The molecule has 1 N–H and O–H groups in total. The minimum Gasteiger partial charge on any atom is -0.492 e. The van der Waals surface area contributed by atoms with Crippen molar-refractivity contribution in [2.24, 2.45) is 0 Å². The van der Waals surface area contributed by atoms with Crippen LogP contribution in [0.5, 0.6) is 5.75 Å². The van der Waals surface area contributed by atoms with Gasteiger partial charge >= 0.3 is 5.97 Å². The lowest BCUT2D eigenvalue weighted by Gasteiger charge is -2.18. The van der Waals surface area contributed by atoms with Gasteiger partial charge < -0.3 is 14.8 Å². The summed E-state index contributed by atoms with van der Waals surface area (Å²) in [5, 5.41) is 3.13. The molecule has 0 aromatic heterocycles. The summed E-state index contributed by atoms with van der Waals surface area (Å²) in [6, 6.07) is 7.21. The number of nitrogens with one attached hydrogen (secondary N) is 1. The number of para-hydroxylation sites is 2. The van der Waals surface area contributed by atoms with Gasteiger partial charge in [0.15, 0.2) is 0 Å². The van der Waals surface area contributed by atoms with E-state index in [1.807, 2.05) is 38.1 Å². The zero-order valence-electron chi connectivity index (χ0n) is 10.5. The number of anilines is 1. The van der Waals surface area contributed by atoms with Gasteiger partial charge in [0.2, 0.25) is 0 Å². The molecule has 0 saturated heterocycles. The van der Waals surface area contributed by atoms with Crippen LogP contribution in [0.1, 0.15) is 20.3 Å². The molecular formula is C13H19NO3. The zero-order valence-corrected chi connectivity index (χ0v) is 10.5. The number of methoxy groups -OCH3 is 1. The summed E-state index contributed by atoms with van der Waals surface area (Å²) in [5.74, 6) is 0.483. The Morgan fingerprint density at radius 3 is 2.65 bits per heavy atom. The summed E-state index contributed by atoms with van der Waals surface area (Å²) in [4.78, 5) is 11.5. The molecule has 0 heterocycles. The van der Waals surface area contributed by atoms with E-state index in [4.69, 9.17) is 9.47 Å². The first kappa shape index (κ1) is 13.4. The number of esters is 1. The average Bonchev–Trinajstić information content (AvgIpc) is 2.37. The maximum atomic E-state index is 11.5. The van der Waals surface area contributed by atoms with Crippen LogP contribution in [-0.4, -0.2) is 25.7 Å². The summed E-state index contributed by atoms with van der Waals surface area (Å²) < 4.78 is 10.2. The second-order valence-electron chi connectivity index (χ2n) is 3.56. The van der Waals surface area contributed by atoms with Crippen molar-refractivity contribution in [3.05, 3.63) is 24.3 Å². The van der Waals surface area contributed by atoms with Crippen LogP contribution in [0.4, 0.5) is 5.69 Å². The number of carbonyl (C=O) groups is 1. The first-order chi connectivity index (χ1) is 8.22. The molecule has 0 aliphatic rings. The molecule has 4 nitrogen and oxygen atoms in total. The third-order valence-corrected chi connectivity index (χ3v) is 2.41. The molecule has 1 rings (SSSR count). The van der Waals surface area contributed by atoms with Gasteiger partial charge in [-0.25, -0.2) is 4.79 Å². The van der Waals surface area contributed by atoms with E-state index >= 15 is 0 Å². The van der Waals surface area contributed by atoms with Gasteiger partial charge in [-0.1, -0.05) is 19.1 Å². The van der Waals surface area contributed by atoms with Crippen molar-refractivity contribution in [1.82, 2.24) is 0 Å². The van der Waals surface area contributed by atoms with Crippen LogP contribution in [0.2, 0.25) is 0 Å². The maximum Gasteiger partial charge on any atom is 0.328 e. The summed E-state index contributed by atoms with van der Waals surface area (Å²) in [5.41, 5.74) is 0.812. The summed E-state index contributed by atoms with van der Waals surface area (Å²) in [7, 11) is 1.39. The van der Waals surface area contributed by atoms with Crippen molar-refractivity contribution in [1.29, 1.82) is 0 Å². The van der Waals surface area contributed by atoms with Gasteiger partial charge in [-0.3, -0.25) is 0 Å². The molecule has 1 atom stereocenters. The fourth-order valence-electron chi connectivity index (χ4n) is 1.52. The predicted octanol–water partition coefficient (Wildman–Crippen LogP) is 2.45. The Morgan fingerprint density at radius 1 is 1.35 bits per heavy atom. The third kappa shape index (κ3) is 3.66. The SMILES string of the molecule is CCOc1ccccc1NC(CC)C(=O)OC. The highest BCUT2D eigenvalue weighted by atomic mass is 16.5. The van der Waals surface area contributed by atoms with E-state index in [2.05, 4.69) is 5.32 Å². The molecule has 0 saturated carbocycles. The first-order valence-corrected chi connectivity index (χ1v) is 5.79. The first-order valence-electron chi connectivity index (χ1n) is 5.79. The molecule has 0 aliphatic carbocycles. The van der Waals surface area contributed by atoms with E-state index in [1.165, 1.54) is 7.11 Å². The lowest BCUT2D eigenvalue weighted by atomic mass is 10.2. The van der Waals surface area contributed by atoms with Crippen molar-refractivity contribution in [2.45, 2.75) is 26.3 Å². The minimum absolute atomic E-state index is 0.265. The molecular weight excluding hydrogens is 218 g/mol. The van der Waals surface area contributed by atoms with E-state index in [1.54, 1.807) is 0 Å². The minimum atomic E-state index is -0.346. The molecule has 1 aromatic rings. The molecule has 0 fully saturated rings. The molecule has 4 heteroatoms. The van der Waals surface area contributed by atoms with Crippen LogP contribution in [0.3, 0.4) is 0 Å². The van der Waals surface area contributed by atoms with Gasteiger partial charge in [-0.05, 0) is 25.5 Å². The van der Waals surface area contributed by atoms with E-state index in [9.17, 15) is 4.79 Å². The van der Waals surface area contributed by atoms with E-state index in [-0.39, 0.29) is 12.0 Å². The Bertz CT molecular complexity index is 365. The highest BCUT2D eigenvalue weighted by Crippen LogP contribution is 2.24. The van der Waals surface area contributed by atoms with E-state index in [0.29, 0.717) is 13.0 Å². The Labute approximate surface area is 102 Å². The predicted molar refractivity (Wildman–Crippen MR) is 67.3 cm³/mol. The van der Waals surface area contributed by atoms with Crippen LogP contribution in [-0.2, 0) is 9.53 Å². The highest BCUT2D eigenvalue weighted by molar-refractivity contribution is 5.79. The molecule has 0 spiro atoms. The summed E-state index contributed by atoms with van der Waals surface area (Å²) >= 11 is 0. The lowest BCUT2D eigenvalue weighted by Crippen LogP contribution is -2.30. The van der Waals surface area contributed by atoms with E-state index < -0.39 is 0 Å². The fraction of sp³-hybridized carbons (Fsp3) is 0.462. The van der Waals surface area contributed by atoms with Crippen molar-refractivity contribution in [2.75, 3.05) is 19.0 Å². The second kappa shape index (κ2) is 6.78. The van der Waals surface area contributed by atoms with Crippen molar-refractivity contribution in [3.8, 4) is 5.75 Å². The normalized spacial score (nSPS) is 11.7. The van der Waals surface area contributed by atoms with Crippen LogP contribution < -0.4 is 10.1 Å². The Balaban J connectivity index is 2.81. The molecule has 94 valence electrons. The molecule has 17 heavy (non-hydrogen) atoms. The Morgan fingerprint density at radius 2 is 2.06 bits per heavy atom. The van der Waals surface area contributed by atoms with Gasteiger partial charge in [0.05, 0.1) is 19.4 Å². The lowest BCUT2D eigenvalue weighted by molar-refractivity contribution is -0.141. The zero-order chi connectivity index (χ0) is 12.7. The van der Waals surface area contributed by atoms with Gasteiger partial charge in [-0.15, -0.1) is 0 Å². The number of ether oxygens (including phenoxy) is 2. The number of hydrogen-bond acceptors (Lipinski definition) is 4. The molecule has 0 bridgehead atoms. The van der Waals surface area contributed by atoms with Crippen molar-refractivity contribution >= 4 is 11.7 Å². The van der Waals surface area contributed by atoms with Crippen molar-refractivity contribution < 1.29 is 14.3 Å². The Hall–Kier alpha value is -1.71. The number of hydrogen-bond donors (Lipinski definition) is 1.